The molecule has 0 radical (unpaired) electrons. The van der Waals surface area contributed by atoms with E-state index in [9.17, 15) is 4.79 Å². The Labute approximate surface area is 194 Å². The lowest BCUT2D eigenvalue weighted by Crippen LogP contribution is -2.25. The standard InChI is InChI=1S/C25H17Cl2N3O2/c1-15(31)30-25(32-24(29-30)19-12-11-17(26)13-21(19)27)20-14-23(16-7-3-2-4-8-16)28-22-10-6-5-9-18(20)22/h2-14,25H,1H3/t25-/m1/s1. The third kappa shape index (κ3) is 3.70. The molecular formula is C25H17Cl2N3O2. The van der Waals surface area contributed by atoms with Gasteiger partial charge in [-0.2, -0.15) is 5.01 Å². The number of para-hydroxylation sites is 1. The number of fused-ring (bicyclic) bond motifs is 1. The Bertz CT molecular complexity index is 1370. The zero-order chi connectivity index (χ0) is 22.2. The Morgan fingerprint density at radius 2 is 1.72 bits per heavy atom. The van der Waals surface area contributed by atoms with Crippen LogP contribution in [0.4, 0.5) is 0 Å². The quantitative estimate of drug-likeness (QED) is 0.352. The van der Waals surface area contributed by atoms with Crippen molar-refractivity contribution in [1.29, 1.82) is 0 Å². The molecule has 7 heteroatoms. The number of hydrogen-bond acceptors (Lipinski definition) is 4. The fourth-order valence-corrected chi connectivity index (χ4v) is 4.19. The van der Waals surface area contributed by atoms with E-state index in [0.29, 0.717) is 15.6 Å². The summed E-state index contributed by atoms with van der Waals surface area (Å²) >= 11 is 12.4. The van der Waals surface area contributed by atoms with Crippen LogP contribution in [0.5, 0.6) is 0 Å². The molecule has 1 aliphatic heterocycles. The average Bonchev–Trinajstić information content (AvgIpc) is 3.24. The fourth-order valence-electron chi connectivity index (χ4n) is 3.70. The Hall–Kier alpha value is -3.41. The zero-order valence-electron chi connectivity index (χ0n) is 17.0. The zero-order valence-corrected chi connectivity index (χ0v) is 18.5. The van der Waals surface area contributed by atoms with Gasteiger partial charge in [0, 0.05) is 28.5 Å². The molecule has 1 amide bonds. The van der Waals surface area contributed by atoms with Gasteiger partial charge in [0.05, 0.1) is 21.8 Å². The second kappa shape index (κ2) is 8.26. The molecule has 4 aromatic rings. The van der Waals surface area contributed by atoms with E-state index in [1.807, 2.05) is 60.7 Å². The lowest BCUT2D eigenvalue weighted by molar-refractivity contribution is -0.135. The first-order valence-corrected chi connectivity index (χ1v) is 10.7. The molecular weight excluding hydrogens is 445 g/mol. The van der Waals surface area contributed by atoms with Crippen molar-refractivity contribution in [2.75, 3.05) is 0 Å². The Balaban J connectivity index is 1.65. The minimum absolute atomic E-state index is 0.253. The average molecular weight is 462 g/mol. The molecule has 2 heterocycles. The van der Waals surface area contributed by atoms with Gasteiger partial charge in [-0.25, -0.2) is 4.98 Å². The lowest BCUT2D eigenvalue weighted by atomic mass is 10.0. The number of benzene rings is 3. The summed E-state index contributed by atoms with van der Waals surface area (Å²) in [5, 5.41) is 7.55. The van der Waals surface area contributed by atoms with Crippen molar-refractivity contribution >= 4 is 45.9 Å². The van der Waals surface area contributed by atoms with E-state index < -0.39 is 6.23 Å². The molecule has 0 saturated carbocycles. The summed E-state index contributed by atoms with van der Waals surface area (Å²) in [6.07, 6.45) is -0.760. The Morgan fingerprint density at radius 1 is 0.969 bits per heavy atom. The van der Waals surface area contributed by atoms with Crippen LogP contribution in [0.1, 0.15) is 24.3 Å². The summed E-state index contributed by atoms with van der Waals surface area (Å²) in [6, 6.07) is 24.6. The molecule has 0 spiro atoms. The monoisotopic (exact) mass is 461 g/mol. The van der Waals surface area contributed by atoms with Crippen molar-refractivity contribution in [2.45, 2.75) is 13.2 Å². The Morgan fingerprint density at radius 3 is 2.47 bits per heavy atom. The van der Waals surface area contributed by atoms with E-state index in [4.69, 9.17) is 32.9 Å². The highest BCUT2D eigenvalue weighted by atomic mass is 35.5. The molecule has 158 valence electrons. The van der Waals surface area contributed by atoms with Crippen molar-refractivity contribution < 1.29 is 9.53 Å². The number of hydrogen-bond donors (Lipinski definition) is 0. The number of nitrogens with zero attached hydrogens (tertiary/aromatic N) is 3. The molecule has 1 atom stereocenters. The molecule has 0 saturated heterocycles. The van der Waals surface area contributed by atoms with E-state index in [1.54, 1.807) is 18.2 Å². The highest BCUT2D eigenvalue weighted by Gasteiger charge is 2.35. The smallest absolute Gasteiger partial charge is 0.243 e. The molecule has 3 aromatic carbocycles. The molecule has 0 N–H and O–H groups in total. The highest BCUT2D eigenvalue weighted by Crippen LogP contribution is 2.37. The topological polar surface area (TPSA) is 54.8 Å². The van der Waals surface area contributed by atoms with Crippen molar-refractivity contribution in [3.63, 3.8) is 0 Å². The predicted octanol–water partition coefficient (Wildman–Crippen LogP) is 6.45. The number of ether oxygens (including phenoxy) is 1. The second-order valence-electron chi connectivity index (χ2n) is 7.34. The van der Waals surface area contributed by atoms with Gasteiger partial charge in [0.2, 0.25) is 18.0 Å². The fraction of sp³-hybridized carbons (Fsp3) is 0.0800. The first-order valence-electron chi connectivity index (χ1n) is 9.97. The normalized spacial score (nSPS) is 15.5. The van der Waals surface area contributed by atoms with Gasteiger partial charge in [0.15, 0.2) is 0 Å². The summed E-state index contributed by atoms with van der Waals surface area (Å²) in [7, 11) is 0. The van der Waals surface area contributed by atoms with Crippen molar-refractivity contribution in [2.24, 2.45) is 5.10 Å². The number of aromatic nitrogens is 1. The van der Waals surface area contributed by atoms with Crippen LogP contribution >= 0.6 is 23.2 Å². The Kier molecular flexibility index (Phi) is 5.29. The van der Waals surface area contributed by atoms with E-state index in [1.165, 1.54) is 11.9 Å². The molecule has 1 aliphatic rings. The van der Waals surface area contributed by atoms with Crippen LogP contribution in [0.3, 0.4) is 0 Å². The first-order chi connectivity index (χ1) is 15.5. The minimum atomic E-state index is -0.760. The third-order valence-corrected chi connectivity index (χ3v) is 5.76. The largest absolute Gasteiger partial charge is 0.446 e. The molecule has 0 unspecified atom stereocenters. The number of carbonyl (C=O) groups excluding carboxylic acids is 1. The van der Waals surface area contributed by atoms with Gasteiger partial charge in [-0.1, -0.05) is 71.7 Å². The van der Waals surface area contributed by atoms with Crippen LogP contribution in [-0.2, 0) is 9.53 Å². The maximum absolute atomic E-state index is 12.5. The van der Waals surface area contributed by atoms with Crippen molar-refractivity contribution in [3.05, 3.63) is 100 Å². The molecule has 0 bridgehead atoms. The van der Waals surface area contributed by atoms with Gasteiger partial charge in [-0.05, 0) is 30.3 Å². The summed E-state index contributed by atoms with van der Waals surface area (Å²) in [5.41, 5.74) is 3.90. The molecule has 32 heavy (non-hydrogen) atoms. The summed E-state index contributed by atoms with van der Waals surface area (Å²) in [6.45, 7) is 1.45. The molecule has 0 fully saturated rings. The van der Waals surface area contributed by atoms with Gasteiger partial charge in [0.1, 0.15) is 0 Å². The molecule has 5 nitrogen and oxygen atoms in total. The molecule has 0 aliphatic carbocycles. The van der Waals surface area contributed by atoms with E-state index in [-0.39, 0.29) is 11.8 Å². The first kappa shape index (κ1) is 20.5. The maximum Gasteiger partial charge on any atom is 0.243 e. The van der Waals surface area contributed by atoms with Gasteiger partial charge < -0.3 is 4.74 Å². The van der Waals surface area contributed by atoms with Crippen LogP contribution in [0.2, 0.25) is 10.0 Å². The highest BCUT2D eigenvalue weighted by molar-refractivity contribution is 6.36. The molecule has 5 rings (SSSR count). The summed E-state index contributed by atoms with van der Waals surface area (Å²) in [5.74, 6) is 0.00580. The summed E-state index contributed by atoms with van der Waals surface area (Å²) in [4.78, 5) is 17.3. The number of halogens is 2. The number of rotatable bonds is 3. The van der Waals surface area contributed by atoms with Gasteiger partial charge in [-0.3, -0.25) is 4.79 Å². The lowest BCUT2D eigenvalue weighted by Gasteiger charge is -2.21. The van der Waals surface area contributed by atoms with Gasteiger partial charge in [0.25, 0.3) is 0 Å². The van der Waals surface area contributed by atoms with Crippen molar-refractivity contribution in [3.8, 4) is 11.3 Å². The van der Waals surface area contributed by atoms with Gasteiger partial charge >= 0.3 is 0 Å². The van der Waals surface area contributed by atoms with E-state index in [0.717, 1.165) is 27.7 Å². The van der Waals surface area contributed by atoms with Crippen LogP contribution in [-0.4, -0.2) is 21.8 Å². The predicted molar refractivity (Wildman–Crippen MR) is 127 cm³/mol. The van der Waals surface area contributed by atoms with Crippen molar-refractivity contribution in [1.82, 2.24) is 9.99 Å². The van der Waals surface area contributed by atoms with E-state index in [2.05, 4.69) is 5.10 Å². The summed E-state index contributed by atoms with van der Waals surface area (Å²) < 4.78 is 6.23. The number of pyridine rings is 1. The number of hydrazone groups is 1. The van der Waals surface area contributed by atoms with Crippen LogP contribution in [0, 0.1) is 0 Å². The maximum atomic E-state index is 12.5. The second-order valence-corrected chi connectivity index (χ2v) is 8.19. The number of amides is 1. The minimum Gasteiger partial charge on any atom is -0.446 e. The molecule has 1 aromatic heterocycles. The van der Waals surface area contributed by atoms with Crippen LogP contribution in [0.15, 0.2) is 84.0 Å². The SMILES string of the molecule is CC(=O)N1N=C(c2ccc(Cl)cc2Cl)O[C@@H]1c1cc(-c2ccccc2)nc2ccccc12. The van der Waals surface area contributed by atoms with E-state index >= 15 is 0 Å². The van der Waals surface area contributed by atoms with Crippen LogP contribution in [0.25, 0.3) is 22.2 Å². The van der Waals surface area contributed by atoms with Crippen LogP contribution < -0.4 is 0 Å². The number of carbonyl (C=O) groups is 1. The third-order valence-electron chi connectivity index (χ3n) is 5.21. The van der Waals surface area contributed by atoms with Gasteiger partial charge in [-0.15, -0.1) is 5.10 Å².